The summed E-state index contributed by atoms with van der Waals surface area (Å²) < 4.78 is 26.7. The van der Waals surface area contributed by atoms with Gasteiger partial charge in [0.1, 0.15) is 17.5 Å². The molecule has 0 aliphatic heterocycles. The van der Waals surface area contributed by atoms with Crippen molar-refractivity contribution in [3.05, 3.63) is 83.0 Å². The molecule has 3 rings (SSSR count). The highest BCUT2D eigenvalue weighted by molar-refractivity contribution is 6.31. The highest BCUT2D eigenvalue weighted by Crippen LogP contribution is 2.22. The van der Waals surface area contributed by atoms with Crippen molar-refractivity contribution in [2.75, 3.05) is 10.6 Å². The third-order valence-electron chi connectivity index (χ3n) is 3.33. The van der Waals surface area contributed by atoms with E-state index >= 15 is 0 Å². The van der Waals surface area contributed by atoms with Crippen LogP contribution in [0.3, 0.4) is 0 Å². The Morgan fingerprint density at radius 3 is 2.40 bits per heavy atom. The fourth-order valence-electron chi connectivity index (χ4n) is 2.11. The van der Waals surface area contributed by atoms with Crippen molar-refractivity contribution in [2.24, 2.45) is 0 Å². The van der Waals surface area contributed by atoms with Crippen molar-refractivity contribution >= 4 is 34.7 Å². The zero-order chi connectivity index (χ0) is 17.8. The number of nitrogens with zero attached hydrogens (tertiary/aromatic N) is 1. The van der Waals surface area contributed by atoms with Gasteiger partial charge in [0.2, 0.25) is 0 Å². The van der Waals surface area contributed by atoms with Crippen LogP contribution < -0.4 is 10.6 Å². The average Bonchev–Trinajstić information content (AvgIpc) is 2.60. The number of carbonyl (C=O) groups is 1. The molecule has 0 saturated carbocycles. The highest BCUT2D eigenvalue weighted by atomic mass is 35.5. The molecule has 4 nitrogen and oxygen atoms in total. The van der Waals surface area contributed by atoms with Crippen molar-refractivity contribution in [3.8, 4) is 0 Å². The molecule has 0 bridgehead atoms. The SMILES string of the molecule is O=C(Nc1ccc(Nc2ccc(F)c(Cl)c2)nc1)c1ccccc1F. The van der Waals surface area contributed by atoms with Gasteiger partial charge < -0.3 is 10.6 Å². The van der Waals surface area contributed by atoms with Gasteiger partial charge in [0.25, 0.3) is 5.91 Å². The second-order valence-corrected chi connectivity index (χ2v) is 5.53. The predicted octanol–water partition coefficient (Wildman–Crippen LogP) is 5.01. The van der Waals surface area contributed by atoms with Gasteiger partial charge in [-0.25, -0.2) is 13.8 Å². The lowest BCUT2D eigenvalue weighted by Gasteiger charge is -2.09. The smallest absolute Gasteiger partial charge is 0.258 e. The summed E-state index contributed by atoms with van der Waals surface area (Å²) in [4.78, 5) is 16.2. The van der Waals surface area contributed by atoms with E-state index in [2.05, 4.69) is 15.6 Å². The van der Waals surface area contributed by atoms with Gasteiger partial charge in [-0.2, -0.15) is 0 Å². The lowest BCUT2D eigenvalue weighted by molar-refractivity contribution is 0.102. The van der Waals surface area contributed by atoms with Gasteiger partial charge in [-0.05, 0) is 42.5 Å². The van der Waals surface area contributed by atoms with E-state index in [1.165, 1.54) is 42.6 Å². The zero-order valence-corrected chi connectivity index (χ0v) is 13.5. The van der Waals surface area contributed by atoms with Gasteiger partial charge in [0, 0.05) is 5.69 Å². The monoisotopic (exact) mass is 359 g/mol. The van der Waals surface area contributed by atoms with Crippen molar-refractivity contribution in [3.63, 3.8) is 0 Å². The number of anilines is 3. The summed E-state index contributed by atoms with van der Waals surface area (Å²) >= 11 is 5.72. The topological polar surface area (TPSA) is 54.0 Å². The fraction of sp³-hybridized carbons (Fsp3) is 0. The van der Waals surface area contributed by atoms with E-state index in [1.807, 2.05) is 0 Å². The summed E-state index contributed by atoms with van der Waals surface area (Å²) in [6.45, 7) is 0. The Balaban J connectivity index is 1.69. The lowest BCUT2D eigenvalue weighted by Crippen LogP contribution is -2.13. The second kappa shape index (κ2) is 7.27. The van der Waals surface area contributed by atoms with E-state index in [0.29, 0.717) is 17.2 Å². The molecule has 0 spiro atoms. The van der Waals surface area contributed by atoms with Crippen molar-refractivity contribution in [1.82, 2.24) is 4.98 Å². The number of nitrogens with one attached hydrogen (secondary N) is 2. The summed E-state index contributed by atoms with van der Waals surface area (Å²) in [7, 11) is 0. The first-order valence-electron chi connectivity index (χ1n) is 7.27. The molecule has 0 aliphatic rings. The quantitative estimate of drug-likeness (QED) is 0.688. The maximum absolute atomic E-state index is 13.6. The molecule has 0 saturated heterocycles. The third-order valence-corrected chi connectivity index (χ3v) is 3.62. The van der Waals surface area contributed by atoms with Crippen LogP contribution in [0.5, 0.6) is 0 Å². The van der Waals surface area contributed by atoms with Crippen LogP contribution in [0.15, 0.2) is 60.8 Å². The summed E-state index contributed by atoms with van der Waals surface area (Å²) in [6.07, 6.45) is 1.42. The minimum absolute atomic E-state index is 0.00114. The van der Waals surface area contributed by atoms with Crippen LogP contribution in [0.1, 0.15) is 10.4 Å². The molecule has 25 heavy (non-hydrogen) atoms. The molecular formula is C18H12ClF2N3O. The lowest BCUT2D eigenvalue weighted by atomic mass is 10.2. The molecule has 2 aromatic carbocycles. The number of benzene rings is 2. The van der Waals surface area contributed by atoms with Crippen LogP contribution in [-0.2, 0) is 0 Å². The first-order chi connectivity index (χ1) is 12.0. The number of halogens is 3. The third kappa shape index (κ3) is 4.10. The number of hydrogen-bond donors (Lipinski definition) is 2. The molecule has 3 aromatic rings. The van der Waals surface area contributed by atoms with E-state index in [4.69, 9.17) is 11.6 Å². The Bertz CT molecular complexity index is 916. The minimum Gasteiger partial charge on any atom is -0.340 e. The summed E-state index contributed by atoms with van der Waals surface area (Å²) in [5, 5.41) is 5.52. The number of rotatable bonds is 4. The highest BCUT2D eigenvalue weighted by Gasteiger charge is 2.11. The van der Waals surface area contributed by atoms with Crippen molar-refractivity contribution < 1.29 is 13.6 Å². The van der Waals surface area contributed by atoms with Crippen molar-refractivity contribution in [1.29, 1.82) is 0 Å². The molecule has 0 radical (unpaired) electrons. The van der Waals surface area contributed by atoms with E-state index in [9.17, 15) is 13.6 Å². The second-order valence-electron chi connectivity index (χ2n) is 5.12. The first kappa shape index (κ1) is 16.9. The molecule has 1 aromatic heterocycles. The maximum atomic E-state index is 13.6. The van der Waals surface area contributed by atoms with Crippen LogP contribution >= 0.6 is 11.6 Å². The van der Waals surface area contributed by atoms with E-state index in [0.717, 1.165) is 0 Å². The number of aromatic nitrogens is 1. The van der Waals surface area contributed by atoms with Crippen molar-refractivity contribution in [2.45, 2.75) is 0 Å². The Morgan fingerprint density at radius 2 is 1.72 bits per heavy atom. The molecular weight excluding hydrogens is 348 g/mol. The molecule has 1 heterocycles. The number of amides is 1. The number of hydrogen-bond acceptors (Lipinski definition) is 3. The fourth-order valence-corrected chi connectivity index (χ4v) is 2.29. The maximum Gasteiger partial charge on any atom is 0.258 e. The molecule has 1 amide bonds. The van der Waals surface area contributed by atoms with Crippen LogP contribution in [0.2, 0.25) is 5.02 Å². The van der Waals surface area contributed by atoms with Gasteiger partial charge in [-0.1, -0.05) is 23.7 Å². The molecule has 0 fully saturated rings. The Hall–Kier alpha value is -2.99. The predicted molar refractivity (Wildman–Crippen MR) is 93.3 cm³/mol. The molecule has 0 aliphatic carbocycles. The molecule has 126 valence electrons. The van der Waals surface area contributed by atoms with Gasteiger partial charge in [-0.15, -0.1) is 0 Å². The van der Waals surface area contributed by atoms with E-state index in [1.54, 1.807) is 18.2 Å². The largest absolute Gasteiger partial charge is 0.340 e. The van der Waals surface area contributed by atoms with Crippen LogP contribution in [-0.4, -0.2) is 10.9 Å². The first-order valence-corrected chi connectivity index (χ1v) is 7.65. The van der Waals surface area contributed by atoms with Crippen LogP contribution in [0.25, 0.3) is 0 Å². The Morgan fingerprint density at radius 1 is 0.960 bits per heavy atom. The normalized spacial score (nSPS) is 10.4. The Labute approximate surface area is 147 Å². The molecule has 0 unspecified atom stereocenters. The average molecular weight is 360 g/mol. The number of pyridine rings is 1. The standard InChI is InChI=1S/C18H12ClF2N3O/c19-14-9-11(5-7-16(14)21)23-17-8-6-12(10-22-17)24-18(25)13-3-1-2-4-15(13)20/h1-10H,(H,22,23)(H,24,25). The Kier molecular flexibility index (Phi) is 4.90. The minimum atomic E-state index is -0.598. The van der Waals surface area contributed by atoms with Gasteiger partial charge >= 0.3 is 0 Å². The number of carbonyl (C=O) groups excluding carboxylic acids is 1. The van der Waals surface area contributed by atoms with Crippen LogP contribution in [0.4, 0.5) is 26.0 Å². The molecule has 2 N–H and O–H groups in total. The molecule has 0 atom stereocenters. The summed E-state index contributed by atoms with van der Waals surface area (Å²) in [5.74, 6) is -1.19. The van der Waals surface area contributed by atoms with Gasteiger partial charge in [0.15, 0.2) is 0 Å². The summed E-state index contributed by atoms with van der Waals surface area (Å²) in [6, 6.07) is 13.1. The van der Waals surface area contributed by atoms with Gasteiger partial charge in [0.05, 0.1) is 22.5 Å². The zero-order valence-electron chi connectivity index (χ0n) is 12.8. The van der Waals surface area contributed by atoms with Gasteiger partial charge in [-0.3, -0.25) is 4.79 Å². The summed E-state index contributed by atoms with van der Waals surface area (Å²) in [5.41, 5.74) is 0.934. The van der Waals surface area contributed by atoms with E-state index in [-0.39, 0.29) is 10.6 Å². The van der Waals surface area contributed by atoms with Crippen LogP contribution in [0, 0.1) is 11.6 Å². The van der Waals surface area contributed by atoms with E-state index < -0.39 is 17.5 Å². The molecule has 7 heteroatoms.